The summed E-state index contributed by atoms with van der Waals surface area (Å²) in [5, 5.41) is 2.49. The van der Waals surface area contributed by atoms with Crippen molar-refractivity contribution in [2.75, 3.05) is 18.9 Å². The van der Waals surface area contributed by atoms with Gasteiger partial charge in [-0.3, -0.25) is 10.1 Å². The second-order valence-electron chi connectivity index (χ2n) is 8.13. The predicted octanol–water partition coefficient (Wildman–Crippen LogP) is 3.87. The van der Waals surface area contributed by atoms with Crippen LogP contribution in [-0.2, 0) is 9.47 Å². The largest absolute Gasteiger partial charge is 0.444 e. The normalized spacial score (nSPS) is 11.5. The van der Waals surface area contributed by atoms with Crippen LogP contribution in [0.1, 0.15) is 58.3 Å². The molecule has 0 atom stereocenters. The Balaban J connectivity index is 2.63. The van der Waals surface area contributed by atoms with Gasteiger partial charge < -0.3 is 14.4 Å². The van der Waals surface area contributed by atoms with Gasteiger partial charge in [-0.2, -0.15) is 0 Å². The average molecular weight is 379 g/mol. The molecule has 1 rings (SSSR count). The van der Waals surface area contributed by atoms with Crippen molar-refractivity contribution in [3.05, 3.63) is 23.9 Å². The van der Waals surface area contributed by atoms with Crippen LogP contribution in [0.4, 0.5) is 15.4 Å². The number of amides is 2. The van der Waals surface area contributed by atoms with E-state index in [1.807, 2.05) is 0 Å². The molecule has 0 aliphatic rings. The molecule has 0 unspecified atom stereocenters. The third-order valence-electron chi connectivity index (χ3n) is 3.09. The Kier molecular flexibility index (Phi) is 7.33. The van der Waals surface area contributed by atoms with Crippen molar-refractivity contribution in [1.82, 2.24) is 9.88 Å². The Morgan fingerprint density at radius 2 is 1.67 bits per heavy atom. The standard InChI is InChI=1S/C19H29N3O5/c1-18(2,3)26-16(24)21-15-12-13(8-10-20-15)14(23)9-11-22(7)17(25)27-19(4,5)6/h8,10,12H,9,11H2,1-7H3,(H,20,21,24). The lowest BCUT2D eigenvalue weighted by molar-refractivity contribution is 0.0298. The van der Waals surface area contributed by atoms with Gasteiger partial charge in [0.2, 0.25) is 0 Å². The number of hydrogen-bond acceptors (Lipinski definition) is 6. The zero-order chi connectivity index (χ0) is 20.8. The minimum atomic E-state index is -0.649. The van der Waals surface area contributed by atoms with E-state index in [-0.39, 0.29) is 24.6 Å². The number of ether oxygens (including phenoxy) is 2. The van der Waals surface area contributed by atoms with Crippen LogP contribution in [0.2, 0.25) is 0 Å². The quantitative estimate of drug-likeness (QED) is 0.780. The van der Waals surface area contributed by atoms with E-state index in [1.54, 1.807) is 54.7 Å². The first kappa shape index (κ1) is 22.4. The van der Waals surface area contributed by atoms with Crippen molar-refractivity contribution in [3.63, 3.8) is 0 Å². The monoisotopic (exact) mass is 379 g/mol. The highest BCUT2D eigenvalue weighted by molar-refractivity contribution is 5.97. The summed E-state index contributed by atoms with van der Waals surface area (Å²) in [6, 6.07) is 3.02. The SMILES string of the molecule is CN(CCC(=O)c1ccnc(NC(=O)OC(C)(C)C)c1)C(=O)OC(C)(C)C. The molecule has 0 bridgehead atoms. The molecule has 0 spiro atoms. The molecule has 1 N–H and O–H groups in total. The summed E-state index contributed by atoms with van der Waals surface area (Å²) < 4.78 is 10.4. The van der Waals surface area contributed by atoms with Crippen molar-refractivity contribution in [2.45, 2.75) is 59.2 Å². The zero-order valence-electron chi connectivity index (χ0n) is 17.1. The van der Waals surface area contributed by atoms with Crippen LogP contribution in [0.15, 0.2) is 18.3 Å². The maximum absolute atomic E-state index is 12.4. The van der Waals surface area contributed by atoms with Gasteiger partial charge in [0, 0.05) is 31.8 Å². The van der Waals surface area contributed by atoms with Crippen LogP contribution < -0.4 is 5.32 Å². The Bertz CT molecular complexity index is 689. The number of rotatable bonds is 5. The van der Waals surface area contributed by atoms with Gasteiger partial charge in [0.1, 0.15) is 17.0 Å². The first-order valence-electron chi connectivity index (χ1n) is 8.70. The first-order valence-corrected chi connectivity index (χ1v) is 8.70. The Morgan fingerprint density at radius 1 is 1.07 bits per heavy atom. The van der Waals surface area contributed by atoms with Crippen molar-refractivity contribution in [1.29, 1.82) is 0 Å². The van der Waals surface area contributed by atoms with Gasteiger partial charge in [0.05, 0.1) is 0 Å². The maximum atomic E-state index is 12.4. The Labute approximate surface area is 160 Å². The summed E-state index contributed by atoms with van der Waals surface area (Å²) in [4.78, 5) is 41.4. The molecule has 0 aliphatic carbocycles. The maximum Gasteiger partial charge on any atom is 0.413 e. The second-order valence-corrected chi connectivity index (χ2v) is 8.13. The molecule has 1 heterocycles. The van der Waals surface area contributed by atoms with Gasteiger partial charge in [0.15, 0.2) is 5.78 Å². The summed E-state index contributed by atoms with van der Waals surface area (Å²) in [5.41, 5.74) is -0.847. The fraction of sp³-hybridized carbons (Fsp3) is 0.579. The van der Waals surface area contributed by atoms with E-state index in [0.717, 1.165) is 0 Å². The van der Waals surface area contributed by atoms with Gasteiger partial charge in [-0.1, -0.05) is 0 Å². The number of carbonyl (C=O) groups is 3. The van der Waals surface area contributed by atoms with Gasteiger partial charge in [0.25, 0.3) is 0 Å². The fourth-order valence-electron chi connectivity index (χ4n) is 1.93. The third kappa shape index (κ3) is 9.03. The predicted molar refractivity (Wildman–Crippen MR) is 102 cm³/mol. The average Bonchev–Trinajstić information content (AvgIpc) is 2.48. The smallest absolute Gasteiger partial charge is 0.413 e. The molecule has 1 aromatic heterocycles. The molecule has 2 amide bonds. The lowest BCUT2D eigenvalue weighted by atomic mass is 10.1. The number of hydrogen-bond donors (Lipinski definition) is 1. The number of ketones is 1. The van der Waals surface area contributed by atoms with E-state index in [2.05, 4.69) is 10.3 Å². The first-order chi connectivity index (χ1) is 12.3. The topological polar surface area (TPSA) is 97.8 Å². The van der Waals surface area contributed by atoms with Gasteiger partial charge in [-0.15, -0.1) is 0 Å². The Morgan fingerprint density at radius 3 is 2.22 bits per heavy atom. The molecule has 27 heavy (non-hydrogen) atoms. The molecule has 0 saturated carbocycles. The minimum absolute atomic E-state index is 0.117. The van der Waals surface area contributed by atoms with Crippen molar-refractivity contribution in [2.24, 2.45) is 0 Å². The highest BCUT2D eigenvalue weighted by Gasteiger charge is 2.20. The molecular weight excluding hydrogens is 350 g/mol. The van der Waals surface area contributed by atoms with Gasteiger partial charge in [-0.25, -0.2) is 14.6 Å². The van der Waals surface area contributed by atoms with Crippen molar-refractivity contribution < 1.29 is 23.9 Å². The number of pyridine rings is 1. The number of Topliss-reactive ketones (excluding diaryl/α,β-unsaturated/α-hetero) is 1. The number of nitrogens with zero attached hydrogens (tertiary/aromatic N) is 2. The van der Waals surface area contributed by atoms with Crippen LogP contribution >= 0.6 is 0 Å². The minimum Gasteiger partial charge on any atom is -0.444 e. The van der Waals surface area contributed by atoms with E-state index in [1.165, 1.54) is 17.2 Å². The van der Waals surface area contributed by atoms with Crippen LogP contribution in [0.5, 0.6) is 0 Å². The lowest BCUT2D eigenvalue weighted by Gasteiger charge is -2.24. The molecule has 0 aliphatic heterocycles. The highest BCUT2D eigenvalue weighted by atomic mass is 16.6. The third-order valence-corrected chi connectivity index (χ3v) is 3.09. The fourth-order valence-corrected chi connectivity index (χ4v) is 1.93. The van der Waals surface area contributed by atoms with E-state index in [0.29, 0.717) is 5.56 Å². The molecule has 0 fully saturated rings. The molecule has 8 nitrogen and oxygen atoms in total. The van der Waals surface area contributed by atoms with E-state index < -0.39 is 23.4 Å². The van der Waals surface area contributed by atoms with Crippen molar-refractivity contribution in [3.8, 4) is 0 Å². The summed E-state index contributed by atoms with van der Waals surface area (Å²) >= 11 is 0. The highest BCUT2D eigenvalue weighted by Crippen LogP contribution is 2.13. The molecule has 0 radical (unpaired) electrons. The molecule has 8 heteroatoms. The molecule has 0 aromatic carbocycles. The van der Waals surface area contributed by atoms with Crippen molar-refractivity contribution >= 4 is 23.8 Å². The van der Waals surface area contributed by atoms with Crippen LogP contribution in [0.3, 0.4) is 0 Å². The van der Waals surface area contributed by atoms with Crippen LogP contribution in [0.25, 0.3) is 0 Å². The second kappa shape index (κ2) is 8.83. The van der Waals surface area contributed by atoms with E-state index in [9.17, 15) is 14.4 Å². The number of aromatic nitrogens is 1. The summed E-state index contributed by atoms with van der Waals surface area (Å²) in [6.45, 7) is 10.8. The summed E-state index contributed by atoms with van der Waals surface area (Å²) in [6.07, 6.45) is 0.407. The van der Waals surface area contributed by atoms with Crippen LogP contribution in [-0.4, -0.2) is 52.6 Å². The molecular formula is C19H29N3O5. The Hall–Kier alpha value is -2.64. The van der Waals surface area contributed by atoms with E-state index >= 15 is 0 Å². The molecule has 1 aromatic rings. The zero-order valence-corrected chi connectivity index (χ0v) is 17.1. The van der Waals surface area contributed by atoms with Gasteiger partial charge in [-0.05, 0) is 53.7 Å². The van der Waals surface area contributed by atoms with Crippen LogP contribution in [0, 0.1) is 0 Å². The summed E-state index contributed by atoms with van der Waals surface area (Å²) in [7, 11) is 1.57. The molecule has 150 valence electrons. The number of carbonyl (C=O) groups excluding carboxylic acids is 3. The lowest BCUT2D eigenvalue weighted by Crippen LogP contribution is -2.35. The number of nitrogens with one attached hydrogen (secondary N) is 1. The van der Waals surface area contributed by atoms with Gasteiger partial charge >= 0.3 is 12.2 Å². The van der Waals surface area contributed by atoms with E-state index in [4.69, 9.17) is 9.47 Å². The molecule has 0 saturated heterocycles. The summed E-state index contributed by atoms with van der Waals surface area (Å²) in [5.74, 6) is 0.0376. The number of anilines is 1.